The van der Waals surface area contributed by atoms with Gasteiger partial charge in [0.05, 0.1) is 193 Å². The van der Waals surface area contributed by atoms with Crippen molar-refractivity contribution in [3.05, 3.63) is 95.1 Å². The highest BCUT2D eigenvalue weighted by molar-refractivity contribution is 6.21. The number of para-hydroxylation sites is 1. The molecule has 1 aliphatic heterocycles. The Morgan fingerprint density at radius 2 is 0.783 bits per heavy atom. The molecule has 3 aromatic carbocycles. The lowest BCUT2D eigenvalue weighted by molar-refractivity contribution is -0.137. The van der Waals surface area contributed by atoms with Crippen molar-refractivity contribution >= 4 is 29.2 Å². The number of halogens is 3. The molecule has 0 aliphatic carbocycles. The van der Waals surface area contributed by atoms with E-state index in [0.717, 1.165) is 12.1 Å². The second kappa shape index (κ2) is 35.5. The topological polar surface area (TPSA) is 186 Å². The van der Waals surface area contributed by atoms with E-state index in [1.54, 1.807) is 42.5 Å². The number of imide groups is 1. The zero-order valence-corrected chi connectivity index (χ0v) is 38.9. The fourth-order valence-corrected chi connectivity index (χ4v) is 6.09. The fraction of sp³-hybridized carbons (Fsp3) is 0.562. The molecular weight excluding hydrogens is 918 g/mol. The average Bonchev–Trinajstić information content (AvgIpc) is 3.59. The van der Waals surface area contributed by atoms with E-state index in [0.29, 0.717) is 156 Å². The van der Waals surface area contributed by atoms with E-state index in [-0.39, 0.29) is 56.0 Å². The maximum Gasteiger partial charge on any atom is 0.416 e. The molecule has 0 atom stereocenters. The van der Waals surface area contributed by atoms with E-state index in [4.69, 9.17) is 61.6 Å². The number of nitrogens with one attached hydrogen (secondary N) is 1. The lowest BCUT2D eigenvalue weighted by atomic mass is 10.1. The van der Waals surface area contributed by atoms with Gasteiger partial charge in [-0.1, -0.05) is 30.3 Å². The first-order valence-corrected chi connectivity index (χ1v) is 22.8. The highest BCUT2D eigenvalue weighted by Gasteiger charge is 2.34. The van der Waals surface area contributed by atoms with Crippen LogP contribution in [0.1, 0.15) is 36.6 Å². The van der Waals surface area contributed by atoms with Crippen molar-refractivity contribution in [3.63, 3.8) is 0 Å². The summed E-state index contributed by atoms with van der Waals surface area (Å²) in [5, 5.41) is 2.86. The van der Waals surface area contributed by atoms with E-state index in [9.17, 15) is 27.6 Å². The van der Waals surface area contributed by atoms with Gasteiger partial charge in [0.2, 0.25) is 0 Å². The molecule has 1 aliphatic rings. The molecule has 0 aromatic heterocycles. The Hall–Kier alpha value is -4.62. The van der Waals surface area contributed by atoms with E-state index < -0.39 is 17.7 Å². The van der Waals surface area contributed by atoms with Crippen LogP contribution in [0.2, 0.25) is 0 Å². The third kappa shape index (κ3) is 24.2. The number of hydrogen-bond donors (Lipinski definition) is 1. The lowest BCUT2D eigenvalue weighted by Gasteiger charge is -2.13. The van der Waals surface area contributed by atoms with Crippen molar-refractivity contribution < 1.29 is 89.1 Å². The van der Waals surface area contributed by atoms with E-state index in [1.807, 2.05) is 0 Å². The third-order valence-corrected chi connectivity index (χ3v) is 9.51. The Balaban J connectivity index is 0.780. The number of ether oxygens (including phenoxy) is 13. The van der Waals surface area contributed by atoms with Crippen LogP contribution in [-0.2, 0) is 67.8 Å². The van der Waals surface area contributed by atoms with Gasteiger partial charge in [-0.3, -0.25) is 14.5 Å². The van der Waals surface area contributed by atoms with Gasteiger partial charge in [-0.2, -0.15) is 13.2 Å². The second-order valence-corrected chi connectivity index (χ2v) is 14.5. The molecule has 0 saturated heterocycles. The van der Waals surface area contributed by atoms with Crippen LogP contribution >= 0.6 is 0 Å². The summed E-state index contributed by atoms with van der Waals surface area (Å²) in [4.78, 5) is 38.5. The zero-order chi connectivity index (χ0) is 49.0. The highest BCUT2D eigenvalue weighted by atomic mass is 19.4. The molecule has 1 heterocycles. The number of carbonyl (C=O) groups excluding carboxylic acids is 3. The van der Waals surface area contributed by atoms with Gasteiger partial charge in [-0.05, 0) is 42.5 Å². The van der Waals surface area contributed by atoms with Crippen molar-refractivity contribution in [1.82, 2.24) is 4.90 Å². The summed E-state index contributed by atoms with van der Waals surface area (Å²) in [5.74, 6) is -1.22. The van der Waals surface area contributed by atoms with Crippen molar-refractivity contribution in [2.75, 3.05) is 177 Å². The molecule has 0 radical (unpaired) electrons. The number of rotatable bonds is 42. The summed E-state index contributed by atoms with van der Waals surface area (Å²) in [5.41, 5.74) is 0.740. The SMILES string of the molecule is O=C(OCCOCCOCCOCCOCCOCCOCCOCCOCCOCCOCCOCCOCCN1C(=O)c2ccccc2C1=O)c1ccccc1Nc1cccc(C(F)(F)F)c1. The number of anilines is 2. The van der Waals surface area contributed by atoms with Crippen LogP contribution in [-0.4, -0.2) is 194 Å². The molecule has 384 valence electrons. The predicted octanol–water partition coefficient (Wildman–Crippen LogP) is 5.10. The van der Waals surface area contributed by atoms with Gasteiger partial charge in [0.15, 0.2) is 0 Å². The quantitative estimate of drug-likeness (QED) is 0.0449. The molecule has 21 heteroatoms. The van der Waals surface area contributed by atoms with Crippen LogP contribution in [0.15, 0.2) is 72.8 Å². The van der Waals surface area contributed by atoms with Gasteiger partial charge in [0, 0.05) is 5.69 Å². The molecule has 1 N–H and O–H groups in total. The minimum atomic E-state index is -4.49. The van der Waals surface area contributed by atoms with Crippen molar-refractivity contribution in [3.8, 4) is 0 Å². The molecule has 0 spiro atoms. The van der Waals surface area contributed by atoms with Crippen LogP contribution in [0.25, 0.3) is 0 Å². The Bertz CT molecular complexity index is 1840. The number of alkyl halides is 3. The first-order chi connectivity index (χ1) is 33.8. The molecule has 0 saturated carbocycles. The van der Waals surface area contributed by atoms with Gasteiger partial charge in [-0.25, -0.2) is 4.79 Å². The number of nitrogens with zero attached hydrogens (tertiary/aromatic N) is 1. The number of hydrogen-bond acceptors (Lipinski definition) is 17. The minimum absolute atomic E-state index is 0.0122. The first kappa shape index (κ1) is 57.0. The van der Waals surface area contributed by atoms with E-state index in [2.05, 4.69) is 5.32 Å². The molecule has 2 amide bonds. The maximum absolute atomic E-state index is 13.1. The Labute approximate surface area is 400 Å². The molecule has 0 fully saturated rings. The molecule has 69 heavy (non-hydrogen) atoms. The van der Waals surface area contributed by atoms with Crippen molar-refractivity contribution in [1.29, 1.82) is 0 Å². The number of esters is 1. The monoisotopic (exact) mass is 982 g/mol. The second-order valence-electron chi connectivity index (χ2n) is 14.5. The van der Waals surface area contributed by atoms with Crippen LogP contribution in [0, 0.1) is 0 Å². The highest BCUT2D eigenvalue weighted by Crippen LogP contribution is 2.32. The maximum atomic E-state index is 13.1. The number of benzene rings is 3. The third-order valence-electron chi connectivity index (χ3n) is 9.51. The molecule has 3 aromatic rings. The summed E-state index contributed by atoms with van der Waals surface area (Å²) < 4.78 is 110. The Kier molecular flexibility index (Phi) is 29.3. The van der Waals surface area contributed by atoms with Crippen LogP contribution in [0.4, 0.5) is 24.5 Å². The standard InChI is InChI=1S/C48H65F3N2O16/c49-48(50,51)39-6-5-7-40(38-39)52-44-11-4-3-10-43(44)47(56)69-37-36-68-35-34-67-33-32-66-31-30-65-29-28-64-27-26-63-25-24-62-23-22-61-21-20-60-19-18-59-17-16-58-15-14-57-13-12-53-45(54)41-8-1-2-9-42(41)46(53)55/h1-11,38,52H,12-37H2. The zero-order valence-electron chi connectivity index (χ0n) is 38.9. The van der Waals surface area contributed by atoms with Gasteiger partial charge in [0.1, 0.15) is 6.61 Å². The molecule has 0 unspecified atom stereocenters. The van der Waals surface area contributed by atoms with E-state index in [1.165, 1.54) is 23.1 Å². The molecule has 4 rings (SSSR count). The Morgan fingerprint density at radius 3 is 1.17 bits per heavy atom. The summed E-state index contributed by atoms with van der Waals surface area (Å²) in [6.07, 6.45) is -4.49. The largest absolute Gasteiger partial charge is 0.460 e. The van der Waals surface area contributed by atoms with Crippen molar-refractivity contribution in [2.45, 2.75) is 6.18 Å². The van der Waals surface area contributed by atoms with Gasteiger partial charge in [0.25, 0.3) is 11.8 Å². The number of fused-ring (bicyclic) bond motifs is 1. The first-order valence-electron chi connectivity index (χ1n) is 22.8. The summed E-state index contributed by atoms with van der Waals surface area (Å²) in [6.45, 7) is 9.68. The van der Waals surface area contributed by atoms with Gasteiger partial charge in [-0.15, -0.1) is 0 Å². The van der Waals surface area contributed by atoms with Crippen LogP contribution in [0.3, 0.4) is 0 Å². The lowest BCUT2D eigenvalue weighted by Crippen LogP contribution is -2.33. The molecule has 0 bridgehead atoms. The van der Waals surface area contributed by atoms with Crippen LogP contribution in [0.5, 0.6) is 0 Å². The fourth-order valence-electron chi connectivity index (χ4n) is 6.09. The summed E-state index contributed by atoms with van der Waals surface area (Å²) >= 11 is 0. The van der Waals surface area contributed by atoms with Crippen LogP contribution < -0.4 is 5.32 Å². The molecular formula is C48H65F3N2O16. The van der Waals surface area contributed by atoms with Crippen molar-refractivity contribution in [2.24, 2.45) is 0 Å². The number of amides is 2. The number of carbonyl (C=O) groups is 3. The summed E-state index contributed by atoms with van der Waals surface area (Å²) in [7, 11) is 0. The smallest absolute Gasteiger partial charge is 0.416 e. The van der Waals surface area contributed by atoms with E-state index >= 15 is 0 Å². The summed E-state index contributed by atoms with van der Waals surface area (Å²) in [6, 6.07) is 17.9. The van der Waals surface area contributed by atoms with Gasteiger partial charge >= 0.3 is 12.1 Å². The predicted molar refractivity (Wildman–Crippen MR) is 243 cm³/mol. The minimum Gasteiger partial charge on any atom is -0.460 e. The molecule has 18 nitrogen and oxygen atoms in total. The Morgan fingerprint density at radius 1 is 0.435 bits per heavy atom. The normalized spacial score (nSPS) is 12.5. The average molecular weight is 983 g/mol. The van der Waals surface area contributed by atoms with Gasteiger partial charge < -0.3 is 66.9 Å².